The zero-order valence-corrected chi connectivity index (χ0v) is 7.39. The number of carboxylic acids is 1. The van der Waals surface area contributed by atoms with Crippen molar-refractivity contribution >= 4 is 5.97 Å². The van der Waals surface area contributed by atoms with E-state index in [1.165, 1.54) is 6.08 Å². The van der Waals surface area contributed by atoms with E-state index in [0.717, 1.165) is 6.26 Å². The van der Waals surface area contributed by atoms with Gasteiger partial charge in [0.1, 0.15) is 0 Å². The first-order chi connectivity index (χ1) is 6.20. The van der Waals surface area contributed by atoms with Crippen LogP contribution in [0.4, 0.5) is 0 Å². The molecule has 5 nitrogen and oxygen atoms in total. The SMILES string of the molecule is O=C(O)CN(CCO)CCC=CO. The van der Waals surface area contributed by atoms with Gasteiger partial charge in [-0.15, -0.1) is 0 Å². The van der Waals surface area contributed by atoms with Gasteiger partial charge in [-0.1, -0.05) is 0 Å². The van der Waals surface area contributed by atoms with Crippen LogP contribution in [-0.4, -0.2) is 52.4 Å². The summed E-state index contributed by atoms with van der Waals surface area (Å²) >= 11 is 0. The van der Waals surface area contributed by atoms with Crippen LogP contribution in [0.1, 0.15) is 6.42 Å². The first kappa shape index (κ1) is 11.9. The van der Waals surface area contributed by atoms with Crippen molar-refractivity contribution in [1.82, 2.24) is 4.90 Å². The van der Waals surface area contributed by atoms with Gasteiger partial charge in [0.15, 0.2) is 0 Å². The first-order valence-electron chi connectivity index (χ1n) is 4.05. The third-order valence-corrected chi connectivity index (χ3v) is 1.49. The van der Waals surface area contributed by atoms with Crippen molar-refractivity contribution in [3.05, 3.63) is 12.3 Å². The quantitative estimate of drug-likeness (QED) is 0.484. The highest BCUT2D eigenvalue weighted by Crippen LogP contribution is 1.92. The summed E-state index contributed by atoms with van der Waals surface area (Å²) in [4.78, 5) is 11.9. The molecule has 0 unspecified atom stereocenters. The predicted molar refractivity (Wildman–Crippen MR) is 47.5 cm³/mol. The van der Waals surface area contributed by atoms with Crippen molar-refractivity contribution in [2.75, 3.05) is 26.2 Å². The highest BCUT2D eigenvalue weighted by Gasteiger charge is 2.07. The molecule has 0 heterocycles. The second-order valence-corrected chi connectivity index (χ2v) is 2.57. The zero-order valence-electron chi connectivity index (χ0n) is 7.39. The highest BCUT2D eigenvalue weighted by atomic mass is 16.4. The van der Waals surface area contributed by atoms with Gasteiger partial charge in [-0.25, -0.2) is 0 Å². The first-order valence-corrected chi connectivity index (χ1v) is 4.05. The Kier molecular flexibility index (Phi) is 6.95. The Morgan fingerprint density at radius 2 is 2.08 bits per heavy atom. The molecule has 0 rings (SSSR count). The molecule has 0 aliphatic heterocycles. The van der Waals surface area contributed by atoms with Crippen LogP contribution in [0.25, 0.3) is 0 Å². The lowest BCUT2D eigenvalue weighted by Crippen LogP contribution is -2.32. The average Bonchev–Trinajstić information content (AvgIpc) is 2.04. The van der Waals surface area contributed by atoms with E-state index in [4.69, 9.17) is 15.3 Å². The molecule has 0 aromatic carbocycles. The van der Waals surface area contributed by atoms with Crippen molar-refractivity contribution in [1.29, 1.82) is 0 Å². The molecule has 76 valence electrons. The standard InChI is InChI=1S/C8H15NO4/c10-5-2-1-3-9(4-6-11)7-8(12)13/h2,5,10-11H,1,3-4,6-7H2,(H,12,13). The number of carboxylic acid groups (broad SMARTS) is 1. The maximum Gasteiger partial charge on any atom is 0.317 e. The van der Waals surface area contributed by atoms with Crippen molar-refractivity contribution in [3.8, 4) is 0 Å². The van der Waals surface area contributed by atoms with Gasteiger partial charge in [-0.05, 0) is 12.5 Å². The molecule has 0 atom stereocenters. The van der Waals surface area contributed by atoms with Crippen molar-refractivity contribution in [2.45, 2.75) is 6.42 Å². The number of hydrogen-bond acceptors (Lipinski definition) is 4. The van der Waals surface area contributed by atoms with Gasteiger partial charge < -0.3 is 15.3 Å². The number of rotatable bonds is 7. The zero-order chi connectivity index (χ0) is 10.1. The van der Waals surface area contributed by atoms with Gasteiger partial charge in [-0.3, -0.25) is 9.69 Å². The number of hydrogen-bond donors (Lipinski definition) is 3. The molecule has 0 aromatic heterocycles. The number of aliphatic hydroxyl groups excluding tert-OH is 2. The van der Waals surface area contributed by atoms with Crippen LogP contribution >= 0.6 is 0 Å². The lowest BCUT2D eigenvalue weighted by atomic mass is 10.3. The molecule has 0 radical (unpaired) electrons. The van der Waals surface area contributed by atoms with Crippen molar-refractivity contribution in [3.63, 3.8) is 0 Å². The molecule has 0 aliphatic rings. The van der Waals surface area contributed by atoms with E-state index in [0.29, 0.717) is 19.5 Å². The molecule has 0 bridgehead atoms. The second-order valence-electron chi connectivity index (χ2n) is 2.57. The van der Waals surface area contributed by atoms with Gasteiger partial charge in [0, 0.05) is 13.1 Å². The largest absolute Gasteiger partial charge is 0.516 e. The van der Waals surface area contributed by atoms with E-state index >= 15 is 0 Å². The monoisotopic (exact) mass is 189 g/mol. The van der Waals surface area contributed by atoms with Crippen molar-refractivity contribution < 1.29 is 20.1 Å². The molecule has 0 aromatic rings. The third-order valence-electron chi connectivity index (χ3n) is 1.49. The summed E-state index contributed by atoms with van der Waals surface area (Å²) in [6.07, 6.45) is 3.04. The van der Waals surface area contributed by atoms with Crippen LogP contribution < -0.4 is 0 Å². The molecule has 3 N–H and O–H groups in total. The van der Waals surface area contributed by atoms with E-state index < -0.39 is 5.97 Å². The molecule has 0 saturated carbocycles. The Bertz CT molecular complexity index is 170. The van der Waals surface area contributed by atoms with Gasteiger partial charge in [-0.2, -0.15) is 0 Å². The normalized spacial score (nSPS) is 11.2. The maximum absolute atomic E-state index is 10.3. The van der Waals surface area contributed by atoms with Crippen LogP contribution in [0.2, 0.25) is 0 Å². The average molecular weight is 189 g/mol. The predicted octanol–water partition coefficient (Wildman–Crippen LogP) is -0.173. The summed E-state index contributed by atoms with van der Waals surface area (Å²) in [5.74, 6) is -0.915. The molecular formula is C8H15NO4. The van der Waals surface area contributed by atoms with E-state index in [1.54, 1.807) is 4.90 Å². The minimum Gasteiger partial charge on any atom is -0.516 e. The molecule has 0 amide bonds. The summed E-state index contributed by atoms with van der Waals surface area (Å²) < 4.78 is 0. The fourth-order valence-electron chi connectivity index (χ4n) is 0.934. The number of nitrogens with zero attached hydrogens (tertiary/aromatic N) is 1. The Morgan fingerprint density at radius 3 is 2.54 bits per heavy atom. The molecule has 0 spiro atoms. The Morgan fingerprint density at radius 1 is 1.38 bits per heavy atom. The molecule has 5 heteroatoms. The lowest BCUT2D eigenvalue weighted by Gasteiger charge is -2.17. The Balaban J connectivity index is 3.72. The van der Waals surface area contributed by atoms with E-state index in [-0.39, 0.29) is 13.2 Å². The summed E-state index contributed by atoms with van der Waals surface area (Å²) in [6.45, 7) is 0.714. The van der Waals surface area contributed by atoms with Crippen LogP contribution in [-0.2, 0) is 4.79 Å². The molecule has 0 aliphatic carbocycles. The smallest absolute Gasteiger partial charge is 0.317 e. The fourth-order valence-corrected chi connectivity index (χ4v) is 0.934. The minimum absolute atomic E-state index is 0.0594. The summed E-state index contributed by atoms with van der Waals surface area (Å²) in [6, 6.07) is 0. The lowest BCUT2D eigenvalue weighted by molar-refractivity contribution is -0.138. The fraction of sp³-hybridized carbons (Fsp3) is 0.625. The van der Waals surface area contributed by atoms with Crippen LogP contribution in [0, 0.1) is 0 Å². The van der Waals surface area contributed by atoms with E-state index in [2.05, 4.69) is 0 Å². The van der Waals surface area contributed by atoms with Crippen LogP contribution in [0.5, 0.6) is 0 Å². The Labute approximate surface area is 76.9 Å². The topological polar surface area (TPSA) is 81.0 Å². The highest BCUT2D eigenvalue weighted by molar-refractivity contribution is 5.69. The third kappa shape index (κ3) is 7.30. The van der Waals surface area contributed by atoms with Crippen LogP contribution in [0.15, 0.2) is 12.3 Å². The van der Waals surface area contributed by atoms with E-state index in [9.17, 15) is 4.79 Å². The van der Waals surface area contributed by atoms with Crippen molar-refractivity contribution in [2.24, 2.45) is 0 Å². The van der Waals surface area contributed by atoms with E-state index in [1.807, 2.05) is 0 Å². The minimum atomic E-state index is -0.915. The molecule has 0 fully saturated rings. The number of carbonyl (C=O) groups is 1. The summed E-state index contributed by atoms with van der Waals surface area (Å²) in [7, 11) is 0. The molecular weight excluding hydrogens is 174 g/mol. The second kappa shape index (κ2) is 7.57. The molecule has 0 saturated heterocycles. The summed E-state index contributed by atoms with van der Waals surface area (Å²) in [5, 5.41) is 25.4. The van der Waals surface area contributed by atoms with Gasteiger partial charge >= 0.3 is 5.97 Å². The van der Waals surface area contributed by atoms with Gasteiger partial charge in [0.05, 0.1) is 19.4 Å². The molecule has 13 heavy (non-hydrogen) atoms. The number of aliphatic carboxylic acids is 1. The number of aliphatic hydroxyl groups is 2. The van der Waals surface area contributed by atoms with Gasteiger partial charge in [0.25, 0.3) is 0 Å². The Hall–Kier alpha value is -1.07. The summed E-state index contributed by atoms with van der Waals surface area (Å²) in [5.41, 5.74) is 0. The maximum atomic E-state index is 10.3. The van der Waals surface area contributed by atoms with Crippen LogP contribution in [0.3, 0.4) is 0 Å². The van der Waals surface area contributed by atoms with Gasteiger partial charge in [0.2, 0.25) is 0 Å².